The predicted molar refractivity (Wildman–Crippen MR) is 72.4 cm³/mol. The summed E-state index contributed by atoms with van der Waals surface area (Å²) >= 11 is 0. The van der Waals surface area contributed by atoms with Crippen LogP contribution in [0.3, 0.4) is 0 Å². The lowest BCUT2D eigenvalue weighted by Crippen LogP contribution is -2.34. The Balaban J connectivity index is 2.98. The lowest BCUT2D eigenvalue weighted by atomic mass is 10.2. The fourth-order valence-electron chi connectivity index (χ4n) is 1.94. The van der Waals surface area contributed by atoms with E-state index in [0.29, 0.717) is 6.42 Å². The minimum atomic E-state index is -5.76. The van der Waals surface area contributed by atoms with Crippen LogP contribution in [0.15, 0.2) is 0 Å². The quantitative estimate of drug-likeness (QED) is 0.687. The molecule has 10 heteroatoms. The Kier molecular flexibility index (Phi) is 5.84. The lowest BCUT2D eigenvalue weighted by molar-refractivity contribution is -0.119. The average molecular weight is 350 g/mol. The Labute approximate surface area is 122 Å². The maximum atomic E-state index is 12.5. The monoisotopic (exact) mass is 350 g/mol. The number of alkyl halides is 3. The molecule has 0 N–H and O–H groups in total. The van der Waals surface area contributed by atoms with E-state index in [9.17, 15) is 31.2 Å². The molecule has 0 radical (unpaired) electrons. The molecule has 1 aliphatic rings. The predicted octanol–water partition coefficient (Wildman–Crippen LogP) is 2.30. The molecule has 0 amide bonds. The molecular weight excluding hydrogens is 333 g/mol. The van der Waals surface area contributed by atoms with Crippen LogP contribution in [0.1, 0.15) is 32.6 Å². The van der Waals surface area contributed by atoms with E-state index in [1.54, 1.807) is 6.92 Å². The summed E-state index contributed by atoms with van der Waals surface area (Å²) in [7, 11) is -8.53. The van der Waals surface area contributed by atoms with Gasteiger partial charge in [-0.25, -0.2) is 3.63 Å². The van der Waals surface area contributed by atoms with E-state index in [0.717, 1.165) is 0 Å². The van der Waals surface area contributed by atoms with Crippen molar-refractivity contribution in [2.45, 2.75) is 38.1 Å². The van der Waals surface area contributed by atoms with Crippen molar-refractivity contribution >= 4 is 32.0 Å². The second kappa shape index (κ2) is 6.66. The summed E-state index contributed by atoms with van der Waals surface area (Å²) in [6, 6.07) is 0. The van der Waals surface area contributed by atoms with Crippen LogP contribution in [-0.4, -0.2) is 42.8 Å². The summed E-state index contributed by atoms with van der Waals surface area (Å²) in [6.45, 7) is 1.73. The van der Waals surface area contributed by atoms with Crippen molar-refractivity contribution in [3.63, 3.8) is 0 Å². The highest BCUT2D eigenvalue weighted by molar-refractivity contribution is 8.33. The van der Waals surface area contributed by atoms with Gasteiger partial charge in [0.25, 0.3) is 0 Å². The standard InChI is InChI=1S/C11H17F3O5S2/c1-2-3-10(16)8-20(6-4-9(15)5-7-20)19-21(17,18)11(12,13)14/h2-8H2,1H3. The first-order valence-corrected chi connectivity index (χ1v) is 9.81. The van der Waals surface area contributed by atoms with Crippen LogP contribution in [0.25, 0.3) is 0 Å². The first kappa shape index (κ1) is 18.4. The second-order valence-electron chi connectivity index (χ2n) is 4.81. The summed E-state index contributed by atoms with van der Waals surface area (Å²) in [5, 5.41) is 0. The van der Waals surface area contributed by atoms with Gasteiger partial charge in [0.1, 0.15) is 11.6 Å². The summed E-state index contributed by atoms with van der Waals surface area (Å²) < 4.78 is 64.3. The van der Waals surface area contributed by atoms with Crippen LogP contribution in [-0.2, 0) is 23.3 Å². The van der Waals surface area contributed by atoms with Gasteiger partial charge < -0.3 is 0 Å². The molecular formula is C11H17F3O5S2. The minimum Gasteiger partial charge on any atom is -0.300 e. The van der Waals surface area contributed by atoms with E-state index in [1.807, 2.05) is 0 Å². The topological polar surface area (TPSA) is 77.5 Å². The molecule has 0 aliphatic carbocycles. The zero-order valence-corrected chi connectivity index (χ0v) is 13.1. The van der Waals surface area contributed by atoms with Crippen LogP contribution >= 0.6 is 10.3 Å². The van der Waals surface area contributed by atoms with Crippen molar-refractivity contribution in [2.75, 3.05) is 17.3 Å². The smallest absolute Gasteiger partial charge is 0.300 e. The Morgan fingerprint density at radius 3 is 2.24 bits per heavy atom. The Morgan fingerprint density at radius 1 is 1.29 bits per heavy atom. The Bertz CT molecular complexity index is 502. The van der Waals surface area contributed by atoms with Gasteiger partial charge in [0.05, 0.1) is 5.75 Å². The van der Waals surface area contributed by atoms with Gasteiger partial charge in [-0.15, -0.1) is 10.3 Å². The Morgan fingerprint density at radius 2 is 1.81 bits per heavy atom. The molecule has 1 heterocycles. The number of Topliss-reactive ketones (excluding diaryl/α,β-unsaturated/α-hetero) is 2. The van der Waals surface area contributed by atoms with E-state index in [2.05, 4.69) is 3.63 Å². The molecule has 0 aromatic heterocycles. The molecule has 21 heavy (non-hydrogen) atoms. The molecule has 0 spiro atoms. The molecule has 0 atom stereocenters. The van der Waals surface area contributed by atoms with Crippen molar-refractivity contribution in [3.05, 3.63) is 0 Å². The van der Waals surface area contributed by atoms with Crippen LogP contribution in [0.2, 0.25) is 0 Å². The molecule has 1 rings (SSSR count). The summed E-state index contributed by atoms with van der Waals surface area (Å²) in [4.78, 5) is 22.9. The Hall–Kier alpha value is -0.610. The van der Waals surface area contributed by atoms with Crippen molar-refractivity contribution < 1.29 is 34.8 Å². The van der Waals surface area contributed by atoms with E-state index in [1.165, 1.54) is 0 Å². The van der Waals surface area contributed by atoms with Gasteiger partial charge in [-0.3, -0.25) is 9.59 Å². The van der Waals surface area contributed by atoms with Gasteiger partial charge in [0.2, 0.25) is 0 Å². The number of carbonyl (C=O) groups is 2. The number of hydrogen-bond donors (Lipinski definition) is 0. The van der Waals surface area contributed by atoms with E-state index < -0.39 is 25.9 Å². The van der Waals surface area contributed by atoms with Gasteiger partial charge in [0, 0.05) is 30.8 Å². The SMILES string of the molecule is CCCC(=O)CS1(OS(=O)(=O)C(F)(F)F)CCC(=O)CC1. The largest absolute Gasteiger partial charge is 0.523 e. The van der Waals surface area contributed by atoms with E-state index in [4.69, 9.17) is 0 Å². The van der Waals surface area contributed by atoms with Crippen molar-refractivity contribution in [1.29, 1.82) is 0 Å². The highest BCUT2D eigenvalue weighted by atomic mass is 32.3. The molecule has 0 bridgehead atoms. The number of ketones is 2. The van der Waals surface area contributed by atoms with Crippen LogP contribution in [0, 0.1) is 0 Å². The number of halogens is 3. The van der Waals surface area contributed by atoms with Gasteiger partial charge in [-0.1, -0.05) is 6.92 Å². The molecule has 0 aromatic rings. The second-order valence-corrected chi connectivity index (χ2v) is 9.77. The average Bonchev–Trinajstić information content (AvgIpc) is 2.31. The van der Waals surface area contributed by atoms with E-state index >= 15 is 0 Å². The fourth-order valence-corrected chi connectivity index (χ4v) is 6.93. The first-order chi connectivity index (χ1) is 9.51. The maximum Gasteiger partial charge on any atom is 0.523 e. The van der Waals surface area contributed by atoms with Crippen LogP contribution in [0.4, 0.5) is 13.2 Å². The normalized spacial score (nSPS) is 21.0. The zero-order valence-electron chi connectivity index (χ0n) is 11.4. The van der Waals surface area contributed by atoms with Crippen molar-refractivity contribution in [3.8, 4) is 0 Å². The first-order valence-electron chi connectivity index (χ1n) is 6.33. The number of hydrogen-bond acceptors (Lipinski definition) is 5. The molecule has 1 saturated heterocycles. The van der Waals surface area contributed by atoms with Crippen molar-refractivity contribution in [2.24, 2.45) is 0 Å². The highest BCUT2D eigenvalue weighted by Crippen LogP contribution is 2.55. The molecule has 0 saturated carbocycles. The third-order valence-electron chi connectivity index (χ3n) is 2.98. The molecule has 0 aromatic carbocycles. The van der Waals surface area contributed by atoms with E-state index in [-0.39, 0.29) is 48.1 Å². The molecule has 5 nitrogen and oxygen atoms in total. The van der Waals surface area contributed by atoms with Gasteiger partial charge in [-0.2, -0.15) is 21.6 Å². The summed E-state index contributed by atoms with van der Waals surface area (Å²) in [5.41, 5.74) is -5.53. The van der Waals surface area contributed by atoms with Gasteiger partial charge in [-0.05, 0) is 6.42 Å². The minimum absolute atomic E-state index is 0.0535. The third-order valence-corrected chi connectivity index (χ3v) is 8.16. The number of rotatable bonds is 6. The van der Waals surface area contributed by atoms with Crippen LogP contribution in [0.5, 0.6) is 0 Å². The molecule has 1 aliphatic heterocycles. The van der Waals surface area contributed by atoms with Crippen LogP contribution < -0.4 is 0 Å². The number of carbonyl (C=O) groups excluding carboxylic acids is 2. The molecule has 1 fully saturated rings. The third kappa shape index (κ3) is 4.96. The highest BCUT2D eigenvalue weighted by Gasteiger charge is 2.51. The molecule has 0 unspecified atom stereocenters. The summed E-state index contributed by atoms with van der Waals surface area (Å²) in [6.07, 6.45) is 0.557. The maximum absolute atomic E-state index is 12.5. The lowest BCUT2D eigenvalue weighted by Gasteiger charge is -2.40. The zero-order chi connectivity index (χ0) is 16.3. The summed E-state index contributed by atoms with van der Waals surface area (Å²) in [5.74, 6) is -1.07. The van der Waals surface area contributed by atoms with Gasteiger partial charge >= 0.3 is 15.6 Å². The van der Waals surface area contributed by atoms with Gasteiger partial charge in [0.15, 0.2) is 0 Å². The van der Waals surface area contributed by atoms with Crippen molar-refractivity contribution in [1.82, 2.24) is 0 Å². The molecule has 124 valence electrons. The fraction of sp³-hybridized carbons (Fsp3) is 0.818.